The number of hydrogen-bond donors (Lipinski definition) is 2. The highest BCUT2D eigenvalue weighted by atomic mass is 35.5. The maximum Gasteiger partial charge on any atom is 0.348 e. The van der Waals surface area contributed by atoms with Crippen molar-refractivity contribution >= 4 is 28.9 Å². The summed E-state index contributed by atoms with van der Waals surface area (Å²) >= 11 is 8.14. The lowest BCUT2D eigenvalue weighted by atomic mass is 9.84. The van der Waals surface area contributed by atoms with Gasteiger partial charge in [-0.1, -0.05) is 50.5 Å². The molecular weight excluding hydrogens is 444 g/mol. The van der Waals surface area contributed by atoms with Crippen molar-refractivity contribution in [1.82, 2.24) is 0 Å². The molecule has 176 valence electrons. The first-order valence-corrected chi connectivity index (χ1v) is 13.0. The van der Waals surface area contributed by atoms with E-state index in [9.17, 15) is 15.0 Å². The zero-order valence-electron chi connectivity index (χ0n) is 19.0. The van der Waals surface area contributed by atoms with Crippen LogP contribution in [0.1, 0.15) is 89.6 Å². The Morgan fingerprint density at radius 1 is 1.19 bits per heavy atom. The van der Waals surface area contributed by atoms with E-state index < -0.39 is 12.2 Å². The molecule has 1 aromatic heterocycles. The second-order valence-corrected chi connectivity index (χ2v) is 10.6. The molecule has 0 spiro atoms. The molecule has 1 aromatic carbocycles. The first-order valence-electron chi connectivity index (χ1n) is 11.7. The van der Waals surface area contributed by atoms with Gasteiger partial charge in [-0.25, -0.2) is 4.79 Å². The largest absolute Gasteiger partial charge is 0.465 e. The van der Waals surface area contributed by atoms with Crippen molar-refractivity contribution in [2.24, 2.45) is 5.92 Å². The zero-order valence-corrected chi connectivity index (χ0v) is 20.6. The van der Waals surface area contributed by atoms with Crippen LogP contribution in [-0.2, 0) is 11.2 Å². The van der Waals surface area contributed by atoms with Crippen molar-refractivity contribution in [1.29, 1.82) is 0 Å². The minimum Gasteiger partial charge on any atom is -0.465 e. The normalized spacial score (nSPS) is 23.9. The second-order valence-electron chi connectivity index (χ2n) is 8.84. The van der Waals surface area contributed by atoms with Gasteiger partial charge in [0.2, 0.25) is 0 Å². The number of benzene rings is 1. The molecule has 1 aliphatic carbocycles. The van der Waals surface area contributed by atoms with Crippen LogP contribution < -0.4 is 0 Å². The van der Waals surface area contributed by atoms with Gasteiger partial charge in [-0.05, 0) is 61.3 Å². The van der Waals surface area contributed by atoms with E-state index in [2.05, 4.69) is 19.1 Å². The molecule has 2 N–H and O–H groups in total. The standard InChI is InChI=1S/C26H35ClO4S/c1-3-4-5-9-22(28)17-10-12-18(13-11-17)25-20(21(27)16-23(25)29)8-6-7-19-14-15-24(32-19)26(30)31-2/h10-15,20-23,25,28-29H,3-9,16H2,1-2H3/t20-,21+,22?,23+,25+/m0/s1. The van der Waals surface area contributed by atoms with Crippen LogP contribution in [0.4, 0.5) is 0 Å². The fourth-order valence-corrected chi connectivity index (χ4v) is 6.25. The van der Waals surface area contributed by atoms with Crippen molar-refractivity contribution in [3.63, 3.8) is 0 Å². The third kappa shape index (κ3) is 6.34. The Hall–Kier alpha value is -1.40. The number of aliphatic hydroxyl groups excluding tert-OH is 2. The lowest BCUT2D eigenvalue weighted by molar-refractivity contribution is 0.0606. The highest BCUT2D eigenvalue weighted by Crippen LogP contribution is 2.45. The summed E-state index contributed by atoms with van der Waals surface area (Å²) in [5.41, 5.74) is 2.04. The molecule has 3 rings (SSSR count). The molecule has 0 bridgehead atoms. The molecule has 0 amide bonds. The number of aliphatic hydroxyl groups is 2. The predicted molar refractivity (Wildman–Crippen MR) is 131 cm³/mol. The van der Waals surface area contributed by atoms with Crippen LogP contribution in [0, 0.1) is 5.92 Å². The van der Waals surface area contributed by atoms with Crippen LogP contribution >= 0.6 is 22.9 Å². The van der Waals surface area contributed by atoms with E-state index >= 15 is 0 Å². The number of halogens is 1. The van der Waals surface area contributed by atoms with Gasteiger partial charge in [-0.15, -0.1) is 22.9 Å². The number of ether oxygens (including phenoxy) is 1. The van der Waals surface area contributed by atoms with Crippen LogP contribution in [0.5, 0.6) is 0 Å². The second kappa shape index (κ2) is 12.2. The highest BCUT2D eigenvalue weighted by Gasteiger charge is 2.41. The molecule has 32 heavy (non-hydrogen) atoms. The molecule has 4 nitrogen and oxygen atoms in total. The predicted octanol–water partition coefficient (Wildman–Crippen LogP) is 6.24. The quantitative estimate of drug-likeness (QED) is 0.228. The van der Waals surface area contributed by atoms with Crippen molar-refractivity contribution in [2.45, 2.75) is 81.8 Å². The Kier molecular flexibility index (Phi) is 9.60. The Balaban J connectivity index is 1.60. The Morgan fingerprint density at radius 2 is 1.94 bits per heavy atom. The van der Waals surface area contributed by atoms with Crippen molar-refractivity contribution in [3.05, 3.63) is 57.3 Å². The first kappa shape index (κ1) is 25.2. The lowest BCUT2D eigenvalue weighted by Gasteiger charge is -2.24. The number of thiophene rings is 1. The van der Waals surface area contributed by atoms with Gasteiger partial charge in [-0.2, -0.15) is 0 Å². The van der Waals surface area contributed by atoms with Gasteiger partial charge in [-0.3, -0.25) is 0 Å². The number of hydrogen-bond acceptors (Lipinski definition) is 5. The minimum atomic E-state index is -0.449. The number of alkyl halides is 1. The lowest BCUT2D eigenvalue weighted by Crippen LogP contribution is -2.19. The molecule has 2 aromatic rings. The number of esters is 1. The molecule has 1 fully saturated rings. The third-order valence-electron chi connectivity index (χ3n) is 6.60. The van der Waals surface area contributed by atoms with E-state index in [4.69, 9.17) is 16.3 Å². The number of methoxy groups -OCH3 is 1. The SMILES string of the molecule is CCCCCC(O)c1ccc([C@@H]2[C@@H](CCCc3ccc(C(=O)OC)s3)[C@H](Cl)C[C@H]2O)cc1. The summed E-state index contributed by atoms with van der Waals surface area (Å²) in [5.74, 6) is -0.0789. The van der Waals surface area contributed by atoms with E-state index in [0.29, 0.717) is 11.3 Å². The maximum absolute atomic E-state index is 11.6. The van der Waals surface area contributed by atoms with E-state index in [1.165, 1.54) is 18.4 Å². The summed E-state index contributed by atoms with van der Waals surface area (Å²) in [6.45, 7) is 2.16. The minimum absolute atomic E-state index is 0.0118. The van der Waals surface area contributed by atoms with E-state index in [1.54, 1.807) is 0 Å². The van der Waals surface area contributed by atoms with E-state index in [-0.39, 0.29) is 23.2 Å². The van der Waals surface area contributed by atoms with Crippen LogP contribution in [0.3, 0.4) is 0 Å². The number of carbonyl (C=O) groups excluding carboxylic acids is 1. The van der Waals surface area contributed by atoms with Gasteiger partial charge in [0.05, 0.1) is 19.3 Å². The first-order chi connectivity index (χ1) is 15.4. The monoisotopic (exact) mass is 478 g/mol. The van der Waals surface area contributed by atoms with E-state index in [1.807, 2.05) is 24.3 Å². The molecule has 1 heterocycles. The summed E-state index contributed by atoms with van der Waals surface area (Å²) in [6, 6.07) is 11.9. The summed E-state index contributed by atoms with van der Waals surface area (Å²) in [7, 11) is 1.40. The number of carbonyl (C=O) groups is 1. The van der Waals surface area contributed by atoms with Gasteiger partial charge in [0.25, 0.3) is 0 Å². The smallest absolute Gasteiger partial charge is 0.348 e. The van der Waals surface area contributed by atoms with Gasteiger partial charge >= 0.3 is 5.97 Å². The average molecular weight is 479 g/mol. The molecule has 0 aliphatic heterocycles. The van der Waals surface area contributed by atoms with Crippen LogP contribution in [0.25, 0.3) is 0 Å². The van der Waals surface area contributed by atoms with Gasteiger partial charge in [0, 0.05) is 16.2 Å². The summed E-state index contributed by atoms with van der Waals surface area (Å²) in [6.07, 6.45) is 6.57. The maximum atomic E-state index is 11.6. The van der Waals surface area contributed by atoms with Crippen LogP contribution in [0.2, 0.25) is 0 Å². The Labute approximate surface area is 200 Å². The fraction of sp³-hybridized carbons (Fsp3) is 0.577. The topological polar surface area (TPSA) is 66.8 Å². The zero-order chi connectivity index (χ0) is 23.1. The van der Waals surface area contributed by atoms with Crippen molar-refractivity contribution in [2.75, 3.05) is 7.11 Å². The van der Waals surface area contributed by atoms with Crippen molar-refractivity contribution < 1.29 is 19.7 Å². The van der Waals surface area contributed by atoms with Crippen LogP contribution in [0.15, 0.2) is 36.4 Å². The number of rotatable bonds is 11. The molecular formula is C26H35ClO4S. The molecule has 5 atom stereocenters. The molecule has 1 unspecified atom stereocenters. The summed E-state index contributed by atoms with van der Waals surface area (Å²) < 4.78 is 4.78. The molecule has 0 saturated heterocycles. The van der Waals surface area contributed by atoms with Crippen molar-refractivity contribution in [3.8, 4) is 0 Å². The fourth-order valence-electron chi connectivity index (χ4n) is 4.82. The Morgan fingerprint density at radius 3 is 2.62 bits per heavy atom. The summed E-state index contributed by atoms with van der Waals surface area (Å²) in [5, 5.41) is 21.1. The number of unbranched alkanes of at least 4 members (excludes halogenated alkanes) is 2. The molecule has 0 radical (unpaired) electrons. The Bertz CT molecular complexity index is 850. The van der Waals surface area contributed by atoms with Crippen LogP contribution in [-0.4, -0.2) is 34.8 Å². The molecule has 6 heteroatoms. The van der Waals surface area contributed by atoms with E-state index in [0.717, 1.165) is 60.9 Å². The number of aryl methyl sites for hydroxylation is 1. The third-order valence-corrected chi connectivity index (χ3v) is 8.23. The average Bonchev–Trinajstić information content (AvgIpc) is 3.37. The highest BCUT2D eigenvalue weighted by molar-refractivity contribution is 7.13. The summed E-state index contributed by atoms with van der Waals surface area (Å²) in [4.78, 5) is 13.4. The van der Waals surface area contributed by atoms with Gasteiger partial charge < -0.3 is 14.9 Å². The molecule has 1 aliphatic rings. The van der Waals surface area contributed by atoms with Gasteiger partial charge in [0.15, 0.2) is 0 Å². The molecule has 1 saturated carbocycles. The van der Waals surface area contributed by atoms with Gasteiger partial charge in [0.1, 0.15) is 4.88 Å².